The second kappa shape index (κ2) is 7.37. The van der Waals surface area contributed by atoms with Gasteiger partial charge >= 0.3 is 5.97 Å². The molecule has 0 bridgehead atoms. The van der Waals surface area contributed by atoms with Crippen LogP contribution in [0.5, 0.6) is 5.75 Å². The highest BCUT2D eigenvalue weighted by molar-refractivity contribution is 7.18. The molecular formula is C21H17ClN2O3S. The summed E-state index contributed by atoms with van der Waals surface area (Å²) >= 11 is 7.70. The summed E-state index contributed by atoms with van der Waals surface area (Å²) in [6, 6.07) is 10.9. The van der Waals surface area contributed by atoms with Crippen LogP contribution in [0, 0.1) is 13.8 Å². The summed E-state index contributed by atoms with van der Waals surface area (Å²) in [6.45, 7) is 4.10. The van der Waals surface area contributed by atoms with Gasteiger partial charge in [-0.25, -0.2) is 4.98 Å². The third-order valence-electron chi connectivity index (χ3n) is 4.77. The molecule has 0 spiro atoms. The molecule has 2 aromatic heterocycles. The van der Waals surface area contributed by atoms with Crippen LogP contribution >= 0.6 is 22.9 Å². The van der Waals surface area contributed by atoms with Crippen molar-refractivity contribution in [3.05, 3.63) is 68.5 Å². The second-order valence-corrected chi connectivity index (χ2v) is 8.13. The van der Waals surface area contributed by atoms with E-state index in [-0.39, 0.29) is 18.5 Å². The van der Waals surface area contributed by atoms with Gasteiger partial charge in [0, 0.05) is 27.2 Å². The Kier molecular flexibility index (Phi) is 4.91. The van der Waals surface area contributed by atoms with E-state index < -0.39 is 5.97 Å². The third-order valence-corrected chi connectivity index (χ3v) is 6.21. The number of carbonyl (C=O) groups is 1. The van der Waals surface area contributed by atoms with E-state index in [0.717, 1.165) is 26.0 Å². The van der Waals surface area contributed by atoms with Crippen LogP contribution in [0.2, 0.25) is 5.02 Å². The summed E-state index contributed by atoms with van der Waals surface area (Å²) < 4.78 is 6.99. The number of carbonyl (C=O) groups excluding carboxylic acids is 1. The Bertz CT molecular complexity index is 1280. The number of esters is 1. The third kappa shape index (κ3) is 3.30. The average Bonchev–Trinajstić information content (AvgIpc) is 2.98. The molecule has 2 aromatic carbocycles. The number of aromatic nitrogens is 2. The second-order valence-electron chi connectivity index (χ2n) is 6.52. The van der Waals surface area contributed by atoms with Crippen LogP contribution < -0.4 is 10.3 Å². The summed E-state index contributed by atoms with van der Waals surface area (Å²) in [4.78, 5) is 31.2. The predicted octanol–water partition coefficient (Wildman–Crippen LogP) is 4.88. The molecule has 0 N–H and O–H groups in total. The van der Waals surface area contributed by atoms with E-state index in [4.69, 9.17) is 16.3 Å². The summed E-state index contributed by atoms with van der Waals surface area (Å²) in [5, 5.41) is 2.82. The zero-order chi connectivity index (χ0) is 19.8. The van der Waals surface area contributed by atoms with Crippen molar-refractivity contribution in [2.45, 2.75) is 26.8 Å². The topological polar surface area (TPSA) is 61.2 Å². The maximum atomic E-state index is 12.7. The number of rotatable bonds is 4. The maximum absolute atomic E-state index is 12.7. The van der Waals surface area contributed by atoms with Crippen LogP contribution in [0.25, 0.3) is 21.0 Å². The molecule has 0 atom stereocenters. The number of hydrogen-bond donors (Lipinski definition) is 0. The molecule has 0 aliphatic carbocycles. The SMILES string of the molecule is Cc1sc2ncn(CCC(=O)Oc3ccc(Cl)c4ccccc34)c(=O)c2c1C. The minimum Gasteiger partial charge on any atom is -0.426 e. The Hall–Kier alpha value is -2.70. The largest absolute Gasteiger partial charge is 0.426 e. The normalized spacial score (nSPS) is 11.2. The molecule has 2 heterocycles. The van der Waals surface area contributed by atoms with Gasteiger partial charge in [-0.1, -0.05) is 35.9 Å². The fraction of sp³-hybridized carbons (Fsp3) is 0.190. The summed E-state index contributed by atoms with van der Waals surface area (Å²) in [7, 11) is 0. The molecule has 0 saturated heterocycles. The molecule has 0 radical (unpaired) electrons. The molecule has 142 valence electrons. The summed E-state index contributed by atoms with van der Waals surface area (Å²) in [5.74, 6) is 0.0351. The van der Waals surface area contributed by atoms with Crippen molar-refractivity contribution in [2.75, 3.05) is 0 Å². The lowest BCUT2D eigenvalue weighted by molar-refractivity contribution is -0.134. The van der Waals surface area contributed by atoms with Crippen molar-refractivity contribution >= 4 is 49.9 Å². The number of nitrogens with zero attached hydrogens (tertiary/aromatic N) is 2. The first kappa shape index (κ1) is 18.7. The molecule has 0 fully saturated rings. The number of aryl methyl sites for hydroxylation is 3. The molecule has 0 aliphatic heterocycles. The van der Waals surface area contributed by atoms with Crippen molar-refractivity contribution in [1.29, 1.82) is 0 Å². The highest BCUT2D eigenvalue weighted by Crippen LogP contribution is 2.31. The van der Waals surface area contributed by atoms with Crippen LogP contribution in [0.1, 0.15) is 16.9 Å². The van der Waals surface area contributed by atoms with E-state index in [1.165, 1.54) is 22.2 Å². The molecule has 4 rings (SSSR count). The molecule has 28 heavy (non-hydrogen) atoms. The highest BCUT2D eigenvalue weighted by atomic mass is 35.5. The fourth-order valence-corrected chi connectivity index (χ4v) is 4.35. The van der Waals surface area contributed by atoms with Gasteiger partial charge in [0.2, 0.25) is 0 Å². The van der Waals surface area contributed by atoms with E-state index in [9.17, 15) is 9.59 Å². The van der Waals surface area contributed by atoms with Gasteiger partial charge in [0.25, 0.3) is 5.56 Å². The van der Waals surface area contributed by atoms with E-state index in [1.54, 1.807) is 12.1 Å². The molecule has 0 saturated carbocycles. The summed E-state index contributed by atoms with van der Waals surface area (Å²) in [5.41, 5.74) is 0.818. The van der Waals surface area contributed by atoms with Gasteiger partial charge in [0.05, 0.1) is 18.1 Å². The van der Waals surface area contributed by atoms with Gasteiger partial charge in [0.1, 0.15) is 10.6 Å². The van der Waals surface area contributed by atoms with Crippen LogP contribution in [-0.4, -0.2) is 15.5 Å². The average molecular weight is 413 g/mol. The maximum Gasteiger partial charge on any atom is 0.313 e. The fourth-order valence-electron chi connectivity index (χ4n) is 3.14. The zero-order valence-electron chi connectivity index (χ0n) is 15.4. The molecule has 4 aromatic rings. The van der Waals surface area contributed by atoms with Crippen molar-refractivity contribution in [2.24, 2.45) is 0 Å². The highest BCUT2D eigenvalue weighted by Gasteiger charge is 2.14. The Balaban J connectivity index is 1.54. The Morgan fingerprint density at radius 2 is 1.93 bits per heavy atom. The number of thiophene rings is 1. The first-order valence-corrected chi connectivity index (χ1v) is 9.98. The number of benzene rings is 2. The van der Waals surface area contributed by atoms with Crippen molar-refractivity contribution < 1.29 is 9.53 Å². The van der Waals surface area contributed by atoms with E-state index in [2.05, 4.69) is 4.98 Å². The van der Waals surface area contributed by atoms with Gasteiger partial charge in [-0.05, 0) is 31.5 Å². The minimum absolute atomic E-state index is 0.0617. The first-order valence-electron chi connectivity index (χ1n) is 8.79. The van der Waals surface area contributed by atoms with Crippen molar-refractivity contribution in [1.82, 2.24) is 9.55 Å². The van der Waals surface area contributed by atoms with Gasteiger partial charge in [-0.15, -0.1) is 11.3 Å². The Morgan fingerprint density at radius 1 is 1.18 bits per heavy atom. The summed E-state index contributed by atoms with van der Waals surface area (Å²) in [6.07, 6.45) is 1.55. The van der Waals surface area contributed by atoms with Crippen LogP contribution in [0.3, 0.4) is 0 Å². The van der Waals surface area contributed by atoms with Crippen molar-refractivity contribution in [3.8, 4) is 5.75 Å². The smallest absolute Gasteiger partial charge is 0.313 e. The van der Waals surface area contributed by atoms with Crippen LogP contribution in [0.15, 0.2) is 47.5 Å². The molecule has 0 unspecified atom stereocenters. The number of fused-ring (bicyclic) bond motifs is 2. The molecule has 0 amide bonds. The molecule has 7 heteroatoms. The molecular weight excluding hydrogens is 396 g/mol. The predicted molar refractivity (Wildman–Crippen MR) is 113 cm³/mol. The van der Waals surface area contributed by atoms with E-state index in [0.29, 0.717) is 16.2 Å². The number of ether oxygens (including phenoxy) is 1. The van der Waals surface area contributed by atoms with Gasteiger partial charge in [-0.2, -0.15) is 0 Å². The van der Waals surface area contributed by atoms with Crippen molar-refractivity contribution in [3.63, 3.8) is 0 Å². The lowest BCUT2D eigenvalue weighted by atomic mass is 10.1. The minimum atomic E-state index is -0.419. The number of hydrogen-bond acceptors (Lipinski definition) is 5. The zero-order valence-corrected chi connectivity index (χ0v) is 16.9. The molecule has 5 nitrogen and oxygen atoms in total. The molecule has 0 aliphatic rings. The first-order chi connectivity index (χ1) is 13.5. The lowest BCUT2D eigenvalue weighted by Gasteiger charge is -2.09. The van der Waals surface area contributed by atoms with Crippen LogP contribution in [0.4, 0.5) is 0 Å². The standard InChI is InChI=1S/C21H17ClN2O3S/c1-12-13(2)28-20-19(12)21(26)24(11-23-20)10-9-18(25)27-17-8-7-16(22)14-5-3-4-6-15(14)17/h3-8,11H,9-10H2,1-2H3. The monoisotopic (exact) mass is 412 g/mol. The van der Waals surface area contributed by atoms with Gasteiger partial charge in [-0.3, -0.25) is 14.2 Å². The van der Waals surface area contributed by atoms with E-state index >= 15 is 0 Å². The Morgan fingerprint density at radius 3 is 2.71 bits per heavy atom. The van der Waals surface area contributed by atoms with E-state index in [1.807, 2.05) is 38.1 Å². The van der Waals surface area contributed by atoms with Crippen LogP contribution in [-0.2, 0) is 11.3 Å². The van der Waals surface area contributed by atoms with Gasteiger partial charge in [0.15, 0.2) is 0 Å². The quantitative estimate of drug-likeness (QED) is 0.354. The number of halogens is 1. The Labute approximate surface area is 170 Å². The van der Waals surface area contributed by atoms with Gasteiger partial charge < -0.3 is 4.74 Å². The lowest BCUT2D eigenvalue weighted by Crippen LogP contribution is -2.23.